The molecule has 0 amide bonds. The minimum Gasteiger partial charge on any atom is -0.508 e. The highest BCUT2D eigenvalue weighted by molar-refractivity contribution is 5.31. The number of para-hydroxylation sites is 1. The monoisotopic (exact) mass is 178 g/mol. The lowest BCUT2D eigenvalue weighted by molar-refractivity contribution is 0.391. The van der Waals surface area contributed by atoms with E-state index < -0.39 is 0 Å². The highest BCUT2D eigenvalue weighted by Gasteiger charge is 2.21. The smallest absolute Gasteiger partial charge is 0.118 e. The lowest BCUT2D eigenvalue weighted by Crippen LogP contribution is -1.90. The topological polar surface area (TPSA) is 32.8 Å². The van der Waals surface area contributed by atoms with E-state index in [1.54, 1.807) is 6.07 Å². The second-order valence-corrected chi connectivity index (χ2v) is 3.48. The number of aryl methyl sites for hydroxylation is 1. The molecule has 0 spiro atoms. The Bertz CT molecular complexity index is 279. The summed E-state index contributed by atoms with van der Waals surface area (Å²) in [6.07, 6.45) is 3.68. The average molecular weight is 178 g/mol. The zero-order valence-corrected chi connectivity index (χ0v) is 7.57. The quantitative estimate of drug-likeness (QED) is 0.716. The van der Waals surface area contributed by atoms with Gasteiger partial charge in [0.25, 0.3) is 0 Å². The molecule has 0 aromatic heterocycles. The molecule has 1 fully saturated rings. The minimum atomic E-state index is 0.416. The molecule has 1 aliphatic heterocycles. The van der Waals surface area contributed by atoms with E-state index in [9.17, 15) is 5.11 Å². The van der Waals surface area contributed by atoms with Gasteiger partial charge in [-0.3, -0.25) is 0 Å². The molecule has 0 saturated carbocycles. The van der Waals surface area contributed by atoms with Crippen molar-refractivity contribution in [3.63, 3.8) is 0 Å². The van der Waals surface area contributed by atoms with Gasteiger partial charge in [0.05, 0.1) is 12.7 Å². The second-order valence-electron chi connectivity index (χ2n) is 3.48. The van der Waals surface area contributed by atoms with Crippen molar-refractivity contribution in [1.82, 2.24) is 0 Å². The maximum atomic E-state index is 9.46. The first-order valence-electron chi connectivity index (χ1n) is 4.75. The van der Waals surface area contributed by atoms with Crippen LogP contribution in [0.2, 0.25) is 0 Å². The van der Waals surface area contributed by atoms with Gasteiger partial charge in [-0.2, -0.15) is 0 Å². The third-order valence-electron chi connectivity index (χ3n) is 2.37. The summed E-state index contributed by atoms with van der Waals surface area (Å²) >= 11 is 0. The summed E-state index contributed by atoms with van der Waals surface area (Å²) in [7, 11) is 0. The van der Waals surface area contributed by atoms with Gasteiger partial charge in [0.1, 0.15) is 5.75 Å². The maximum absolute atomic E-state index is 9.46. The summed E-state index contributed by atoms with van der Waals surface area (Å²) in [6, 6.07) is 7.53. The summed E-state index contributed by atoms with van der Waals surface area (Å²) in [6.45, 7) is 0.931. The molecule has 1 unspecified atom stereocenters. The van der Waals surface area contributed by atoms with Crippen molar-refractivity contribution >= 4 is 0 Å². The first kappa shape index (κ1) is 8.57. The zero-order chi connectivity index (χ0) is 9.10. The number of phenols is 1. The summed E-state index contributed by atoms with van der Waals surface area (Å²) in [5.74, 6) is 0.416. The van der Waals surface area contributed by atoms with E-state index in [4.69, 9.17) is 4.74 Å². The number of benzene rings is 1. The first-order valence-corrected chi connectivity index (χ1v) is 4.75. The van der Waals surface area contributed by atoms with E-state index in [-0.39, 0.29) is 0 Å². The van der Waals surface area contributed by atoms with Crippen LogP contribution in [0.4, 0.5) is 0 Å². The number of hydrogen-bond donors (Lipinski definition) is 1. The van der Waals surface area contributed by atoms with Crippen molar-refractivity contribution in [1.29, 1.82) is 0 Å². The fraction of sp³-hybridized carbons (Fsp3) is 0.455. The molecule has 1 atom stereocenters. The number of phenolic OH excluding ortho intramolecular Hbond substituents is 1. The van der Waals surface area contributed by atoms with Crippen LogP contribution in [0.5, 0.6) is 5.75 Å². The number of aromatic hydroxyl groups is 1. The molecule has 13 heavy (non-hydrogen) atoms. The van der Waals surface area contributed by atoms with E-state index in [0.29, 0.717) is 11.9 Å². The Morgan fingerprint density at radius 2 is 2.15 bits per heavy atom. The van der Waals surface area contributed by atoms with E-state index >= 15 is 0 Å². The molecular weight excluding hydrogens is 164 g/mol. The van der Waals surface area contributed by atoms with Gasteiger partial charge in [-0.05, 0) is 30.9 Å². The summed E-state index contributed by atoms with van der Waals surface area (Å²) in [5, 5.41) is 9.46. The van der Waals surface area contributed by atoms with Crippen LogP contribution < -0.4 is 0 Å². The van der Waals surface area contributed by atoms with Gasteiger partial charge >= 0.3 is 0 Å². The molecule has 1 aromatic carbocycles. The molecular formula is C11H14O2. The van der Waals surface area contributed by atoms with Gasteiger partial charge in [0.15, 0.2) is 0 Å². The minimum absolute atomic E-state index is 0.416. The van der Waals surface area contributed by atoms with Crippen molar-refractivity contribution in [2.24, 2.45) is 0 Å². The summed E-state index contributed by atoms with van der Waals surface area (Å²) in [5.41, 5.74) is 1.04. The molecule has 1 heterocycles. The Hall–Kier alpha value is -1.02. The van der Waals surface area contributed by atoms with Crippen LogP contribution in [-0.4, -0.2) is 17.8 Å². The Morgan fingerprint density at radius 3 is 2.85 bits per heavy atom. The Labute approximate surface area is 78.2 Å². The molecule has 1 aromatic rings. The SMILES string of the molecule is Oc1ccccc1CCCC1CO1. The Kier molecular flexibility index (Phi) is 2.50. The number of ether oxygens (including phenoxy) is 1. The van der Waals surface area contributed by atoms with Gasteiger partial charge < -0.3 is 9.84 Å². The predicted octanol–water partition coefficient (Wildman–Crippen LogP) is 2.11. The molecule has 1 saturated heterocycles. The van der Waals surface area contributed by atoms with Crippen LogP contribution >= 0.6 is 0 Å². The lowest BCUT2D eigenvalue weighted by Gasteiger charge is -2.02. The van der Waals surface area contributed by atoms with E-state index in [0.717, 1.165) is 31.4 Å². The average Bonchev–Trinajstić information content (AvgIpc) is 2.92. The maximum Gasteiger partial charge on any atom is 0.118 e. The highest BCUT2D eigenvalue weighted by Crippen LogP contribution is 2.21. The molecule has 0 aliphatic carbocycles. The Morgan fingerprint density at radius 1 is 1.38 bits per heavy atom. The van der Waals surface area contributed by atoms with E-state index in [2.05, 4.69) is 0 Å². The third-order valence-corrected chi connectivity index (χ3v) is 2.37. The van der Waals surface area contributed by atoms with E-state index in [1.807, 2.05) is 18.2 Å². The fourth-order valence-electron chi connectivity index (χ4n) is 1.48. The molecule has 1 N–H and O–H groups in total. The first-order chi connectivity index (χ1) is 6.36. The van der Waals surface area contributed by atoms with Crippen molar-refractivity contribution in [3.8, 4) is 5.75 Å². The molecule has 70 valence electrons. The predicted molar refractivity (Wildman–Crippen MR) is 50.8 cm³/mol. The normalized spacial score (nSPS) is 20.2. The fourth-order valence-corrected chi connectivity index (χ4v) is 1.48. The molecule has 2 heteroatoms. The molecule has 2 nitrogen and oxygen atoms in total. The largest absolute Gasteiger partial charge is 0.508 e. The molecule has 2 rings (SSSR count). The molecule has 1 aliphatic rings. The van der Waals surface area contributed by atoms with Crippen molar-refractivity contribution in [2.75, 3.05) is 6.61 Å². The van der Waals surface area contributed by atoms with Crippen LogP contribution in [0.25, 0.3) is 0 Å². The van der Waals surface area contributed by atoms with E-state index in [1.165, 1.54) is 0 Å². The van der Waals surface area contributed by atoms with Gasteiger partial charge in [-0.15, -0.1) is 0 Å². The summed E-state index contributed by atoms with van der Waals surface area (Å²) < 4.78 is 5.11. The van der Waals surface area contributed by atoms with Crippen LogP contribution in [0.1, 0.15) is 18.4 Å². The van der Waals surface area contributed by atoms with Gasteiger partial charge in [0, 0.05) is 0 Å². The second kappa shape index (κ2) is 3.79. The van der Waals surface area contributed by atoms with Gasteiger partial charge in [-0.1, -0.05) is 18.2 Å². The van der Waals surface area contributed by atoms with Crippen LogP contribution in [0.3, 0.4) is 0 Å². The number of epoxide rings is 1. The van der Waals surface area contributed by atoms with Crippen LogP contribution in [0, 0.1) is 0 Å². The Balaban J connectivity index is 1.82. The van der Waals surface area contributed by atoms with Crippen molar-refractivity contribution < 1.29 is 9.84 Å². The molecule has 0 bridgehead atoms. The van der Waals surface area contributed by atoms with Gasteiger partial charge in [0.2, 0.25) is 0 Å². The zero-order valence-electron chi connectivity index (χ0n) is 7.57. The highest BCUT2D eigenvalue weighted by atomic mass is 16.6. The third kappa shape index (κ3) is 2.46. The van der Waals surface area contributed by atoms with Gasteiger partial charge in [-0.25, -0.2) is 0 Å². The summed E-state index contributed by atoms with van der Waals surface area (Å²) in [4.78, 5) is 0. The standard InChI is InChI=1S/C11H14O2/c12-11-7-2-1-4-9(11)5-3-6-10-8-13-10/h1-2,4,7,10,12H,3,5-6,8H2. The van der Waals surface area contributed by atoms with Crippen LogP contribution in [0.15, 0.2) is 24.3 Å². The van der Waals surface area contributed by atoms with Crippen molar-refractivity contribution in [3.05, 3.63) is 29.8 Å². The number of rotatable bonds is 4. The van der Waals surface area contributed by atoms with Crippen LogP contribution in [-0.2, 0) is 11.2 Å². The lowest BCUT2D eigenvalue weighted by atomic mass is 10.1. The molecule has 0 radical (unpaired) electrons. The van der Waals surface area contributed by atoms with Crippen molar-refractivity contribution in [2.45, 2.75) is 25.4 Å². The number of hydrogen-bond acceptors (Lipinski definition) is 2.